The molecule has 0 saturated heterocycles. The number of aliphatic hydroxyl groups excluding tert-OH is 1. The van der Waals surface area contributed by atoms with Crippen molar-refractivity contribution in [1.29, 1.82) is 0 Å². The number of hydrogen-bond acceptors (Lipinski definition) is 4. The lowest BCUT2D eigenvalue weighted by Gasteiger charge is -2.24. The Labute approximate surface area is 162 Å². The lowest BCUT2D eigenvalue weighted by Crippen LogP contribution is -2.26. The van der Waals surface area contributed by atoms with E-state index in [9.17, 15) is 5.11 Å². The van der Waals surface area contributed by atoms with Gasteiger partial charge in [0.05, 0.1) is 6.10 Å². The van der Waals surface area contributed by atoms with Gasteiger partial charge in [0.2, 0.25) is 0 Å². The highest BCUT2D eigenvalue weighted by Crippen LogP contribution is 2.34. The van der Waals surface area contributed by atoms with E-state index in [4.69, 9.17) is 27.9 Å². The first-order chi connectivity index (χ1) is 12.6. The summed E-state index contributed by atoms with van der Waals surface area (Å²) in [7, 11) is 0. The molecule has 26 heavy (non-hydrogen) atoms. The first-order valence-electron chi connectivity index (χ1n) is 8.33. The van der Waals surface area contributed by atoms with Gasteiger partial charge in [-0.2, -0.15) is 5.10 Å². The summed E-state index contributed by atoms with van der Waals surface area (Å²) in [6, 6.07) is 12.1. The molecule has 0 amide bonds. The molecule has 1 heterocycles. The fourth-order valence-corrected chi connectivity index (χ4v) is 3.20. The van der Waals surface area contributed by atoms with Gasteiger partial charge in [0.25, 0.3) is 0 Å². The maximum Gasteiger partial charge on any atom is 0.137 e. The molecule has 3 rings (SSSR count). The van der Waals surface area contributed by atoms with E-state index in [0.717, 1.165) is 12.0 Å². The Hall–Kier alpha value is -2.08. The van der Waals surface area contributed by atoms with Gasteiger partial charge in [-0.05, 0) is 48.4 Å². The Morgan fingerprint density at radius 1 is 1.12 bits per heavy atom. The first-order valence-corrected chi connectivity index (χ1v) is 9.09. The van der Waals surface area contributed by atoms with Crippen LogP contribution in [0.5, 0.6) is 11.5 Å². The molecule has 3 aromatic rings. The van der Waals surface area contributed by atoms with Crippen LogP contribution in [0.4, 0.5) is 0 Å². The van der Waals surface area contributed by atoms with Gasteiger partial charge in [-0.3, -0.25) is 0 Å². The molecule has 0 aliphatic heterocycles. The normalized spacial score (nSPS) is 13.4. The maximum absolute atomic E-state index is 10.6. The van der Waals surface area contributed by atoms with Crippen molar-refractivity contribution in [3.63, 3.8) is 0 Å². The molecule has 7 heteroatoms. The van der Waals surface area contributed by atoms with Crippen molar-refractivity contribution in [3.05, 3.63) is 70.7 Å². The van der Waals surface area contributed by atoms with Crippen molar-refractivity contribution >= 4 is 23.2 Å². The van der Waals surface area contributed by atoms with Crippen LogP contribution in [0.15, 0.2) is 55.1 Å². The van der Waals surface area contributed by atoms with Crippen molar-refractivity contribution in [1.82, 2.24) is 14.8 Å². The summed E-state index contributed by atoms with van der Waals surface area (Å²) in [6.07, 6.45) is 3.88. The van der Waals surface area contributed by atoms with E-state index in [2.05, 4.69) is 10.1 Å². The highest BCUT2D eigenvalue weighted by Gasteiger charge is 2.25. The molecule has 0 aliphatic carbocycles. The predicted molar refractivity (Wildman–Crippen MR) is 102 cm³/mol. The second-order valence-electron chi connectivity index (χ2n) is 5.92. The van der Waals surface area contributed by atoms with Gasteiger partial charge in [-0.15, -0.1) is 0 Å². The number of aliphatic hydroxyl groups is 1. The largest absolute Gasteiger partial charge is 0.457 e. The summed E-state index contributed by atoms with van der Waals surface area (Å²) in [5, 5.41) is 15.9. The van der Waals surface area contributed by atoms with Crippen molar-refractivity contribution < 1.29 is 9.84 Å². The van der Waals surface area contributed by atoms with Crippen LogP contribution < -0.4 is 4.74 Å². The minimum absolute atomic E-state index is 0.408. The highest BCUT2D eigenvalue weighted by atomic mass is 35.5. The van der Waals surface area contributed by atoms with Crippen LogP contribution in [0.1, 0.15) is 31.4 Å². The molecule has 2 atom stereocenters. The van der Waals surface area contributed by atoms with Crippen LogP contribution in [-0.4, -0.2) is 26.0 Å². The van der Waals surface area contributed by atoms with Gasteiger partial charge in [0, 0.05) is 10.0 Å². The second-order valence-corrected chi connectivity index (χ2v) is 6.76. The Balaban J connectivity index is 1.88. The molecule has 0 aliphatic rings. The molecular formula is C19H19Cl2N3O2. The Bertz CT molecular complexity index is 839. The van der Waals surface area contributed by atoms with Gasteiger partial charge in [0.1, 0.15) is 30.2 Å². The maximum atomic E-state index is 10.6. The fourth-order valence-electron chi connectivity index (χ4n) is 2.79. The molecule has 2 aromatic carbocycles. The zero-order chi connectivity index (χ0) is 18.5. The van der Waals surface area contributed by atoms with E-state index in [1.165, 1.54) is 6.33 Å². The molecule has 0 bridgehead atoms. The van der Waals surface area contributed by atoms with Crippen molar-refractivity contribution in [2.75, 3.05) is 0 Å². The molecule has 5 nitrogen and oxygen atoms in total. The summed E-state index contributed by atoms with van der Waals surface area (Å²) in [5.41, 5.74) is 0.765. The molecule has 136 valence electrons. The van der Waals surface area contributed by atoms with E-state index in [0.29, 0.717) is 28.0 Å². The predicted octanol–water partition coefficient (Wildman–Crippen LogP) is 5.13. The smallest absolute Gasteiger partial charge is 0.137 e. The zero-order valence-corrected chi connectivity index (χ0v) is 15.7. The van der Waals surface area contributed by atoms with Crippen LogP contribution in [0.25, 0.3) is 0 Å². The van der Waals surface area contributed by atoms with Crippen molar-refractivity contribution in [2.24, 2.45) is 0 Å². The topological polar surface area (TPSA) is 60.2 Å². The summed E-state index contributed by atoms with van der Waals surface area (Å²) in [5.74, 6) is 1.26. The third-order valence-corrected chi connectivity index (χ3v) is 4.59. The van der Waals surface area contributed by atoms with Gasteiger partial charge in [-0.1, -0.05) is 42.6 Å². The van der Waals surface area contributed by atoms with Gasteiger partial charge < -0.3 is 9.84 Å². The number of ether oxygens (including phenoxy) is 1. The monoisotopic (exact) mass is 391 g/mol. The average Bonchev–Trinajstić information content (AvgIpc) is 3.13. The Kier molecular flexibility index (Phi) is 6.14. The van der Waals surface area contributed by atoms with E-state index in [1.807, 2.05) is 19.1 Å². The van der Waals surface area contributed by atoms with Gasteiger partial charge >= 0.3 is 0 Å². The summed E-state index contributed by atoms with van der Waals surface area (Å²) < 4.78 is 7.43. The molecule has 0 spiro atoms. The van der Waals surface area contributed by atoms with Crippen LogP contribution in [0.3, 0.4) is 0 Å². The van der Waals surface area contributed by atoms with Crippen LogP contribution in [-0.2, 0) is 0 Å². The third-order valence-electron chi connectivity index (χ3n) is 4.01. The number of halogens is 2. The third kappa shape index (κ3) is 4.36. The number of hydrogen-bond donors (Lipinski definition) is 1. The summed E-state index contributed by atoms with van der Waals surface area (Å²) >= 11 is 12.4. The first kappa shape index (κ1) is 18.7. The van der Waals surface area contributed by atoms with Crippen LogP contribution in [0.2, 0.25) is 10.0 Å². The van der Waals surface area contributed by atoms with Crippen molar-refractivity contribution in [2.45, 2.75) is 31.9 Å². The Morgan fingerprint density at radius 2 is 1.85 bits per heavy atom. The molecule has 0 saturated carbocycles. The highest BCUT2D eigenvalue weighted by molar-refractivity contribution is 6.31. The number of rotatable bonds is 7. The second kappa shape index (κ2) is 8.54. The minimum atomic E-state index is -0.623. The molecular weight excluding hydrogens is 373 g/mol. The summed E-state index contributed by atoms with van der Waals surface area (Å²) in [6.45, 7) is 2.02. The number of benzene rings is 2. The van der Waals surface area contributed by atoms with Crippen LogP contribution in [0, 0.1) is 0 Å². The molecule has 1 N–H and O–H groups in total. The van der Waals surface area contributed by atoms with E-state index >= 15 is 0 Å². The number of aromatic nitrogens is 3. The Morgan fingerprint density at radius 3 is 2.46 bits per heavy atom. The number of nitrogens with zero attached hydrogens (tertiary/aromatic N) is 3. The molecule has 1 aromatic heterocycles. The lowest BCUT2D eigenvalue weighted by atomic mass is 9.98. The summed E-state index contributed by atoms with van der Waals surface area (Å²) in [4.78, 5) is 3.98. The van der Waals surface area contributed by atoms with Crippen molar-refractivity contribution in [3.8, 4) is 11.5 Å². The lowest BCUT2D eigenvalue weighted by molar-refractivity contribution is 0.114. The van der Waals surface area contributed by atoms with E-state index < -0.39 is 12.1 Å². The van der Waals surface area contributed by atoms with Crippen LogP contribution >= 0.6 is 23.2 Å². The average molecular weight is 392 g/mol. The minimum Gasteiger partial charge on any atom is -0.457 e. The SMILES string of the molecule is CCCC(O)C(c1ccc(Oc2ccc(Cl)cc2)cc1Cl)n1cncn1. The standard InChI is InChI=1S/C19H19Cl2N3O2/c1-2-3-18(25)19(24-12-22-11-23-24)16-9-8-15(10-17(16)21)26-14-6-4-13(20)5-7-14/h4-12,18-19,25H,2-3H2,1H3. The molecule has 0 fully saturated rings. The molecule has 2 unspecified atom stereocenters. The zero-order valence-electron chi connectivity index (χ0n) is 14.2. The van der Waals surface area contributed by atoms with E-state index in [1.54, 1.807) is 41.3 Å². The van der Waals surface area contributed by atoms with E-state index in [-0.39, 0.29) is 0 Å². The van der Waals surface area contributed by atoms with Gasteiger partial charge in [-0.25, -0.2) is 9.67 Å². The van der Waals surface area contributed by atoms with Gasteiger partial charge in [0.15, 0.2) is 0 Å². The fraction of sp³-hybridized carbons (Fsp3) is 0.263. The quantitative estimate of drug-likeness (QED) is 0.606. The molecule has 0 radical (unpaired) electrons.